The van der Waals surface area contributed by atoms with E-state index in [9.17, 15) is 10.1 Å². The van der Waals surface area contributed by atoms with Crippen molar-refractivity contribution in [2.75, 3.05) is 11.9 Å². The van der Waals surface area contributed by atoms with Gasteiger partial charge in [0.25, 0.3) is 5.69 Å². The van der Waals surface area contributed by atoms with Crippen LogP contribution in [-0.2, 0) is 6.42 Å². The molecule has 0 radical (unpaired) electrons. The molecule has 1 heterocycles. The molecule has 94 valence electrons. The summed E-state index contributed by atoms with van der Waals surface area (Å²) in [4.78, 5) is 14.3. The summed E-state index contributed by atoms with van der Waals surface area (Å²) in [6.07, 6.45) is 2.13. The Morgan fingerprint density at radius 1 is 1.50 bits per heavy atom. The molecule has 2 aromatic rings. The first-order valence-electron chi connectivity index (χ1n) is 5.50. The van der Waals surface area contributed by atoms with E-state index in [-0.39, 0.29) is 5.69 Å². The SMILES string of the molecule is Cc1ccc([N+](=O)[O-])cc1NCCc1ncn[nH]1. The maximum absolute atomic E-state index is 10.7. The van der Waals surface area contributed by atoms with Gasteiger partial charge in [-0.3, -0.25) is 15.2 Å². The van der Waals surface area contributed by atoms with Crippen LogP contribution in [0, 0.1) is 17.0 Å². The quantitative estimate of drug-likeness (QED) is 0.618. The van der Waals surface area contributed by atoms with Gasteiger partial charge in [0.15, 0.2) is 0 Å². The van der Waals surface area contributed by atoms with Crippen molar-refractivity contribution in [1.82, 2.24) is 15.2 Å². The second-order valence-corrected chi connectivity index (χ2v) is 3.87. The molecule has 18 heavy (non-hydrogen) atoms. The Morgan fingerprint density at radius 3 is 3.00 bits per heavy atom. The molecule has 7 heteroatoms. The number of aromatic amines is 1. The van der Waals surface area contributed by atoms with Gasteiger partial charge in [0, 0.05) is 30.8 Å². The first-order chi connectivity index (χ1) is 8.66. The van der Waals surface area contributed by atoms with Gasteiger partial charge in [0.1, 0.15) is 12.2 Å². The number of aryl methyl sites for hydroxylation is 1. The molecule has 0 saturated heterocycles. The average Bonchev–Trinajstić information content (AvgIpc) is 2.84. The van der Waals surface area contributed by atoms with Gasteiger partial charge >= 0.3 is 0 Å². The lowest BCUT2D eigenvalue weighted by molar-refractivity contribution is -0.384. The predicted octanol–water partition coefficient (Wildman–Crippen LogP) is 1.68. The highest BCUT2D eigenvalue weighted by Crippen LogP contribution is 2.21. The number of benzene rings is 1. The van der Waals surface area contributed by atoms with Crippen molar-refractivity contribution in [3.05, 3.63) is 46.0 Å². The molecule has 2 N–H and O–H groups in total. The predicted molar refractivity (Wildman–Crippen MR) is 66.4 cm³/mol. The number of H-pyrrole nitrogens is 1. The van der Waals surface area contributed by atoms with Gasteiger partial charge in [-0.1, -0.05) is 6.07 Å². The fraction of sp³-hybridized carbons (Fsp3) is 0.273. The van der Waals surface area contributed by atoms with Crippen molar-refractivity contribution < 1.29 is 4.92 Å². The molecule has 0 spiro atoms. The summed E-state index contributed by atoms with van der Waals surface area (Å²) in [6.45, 7) is 2.54. The minimum absolute atomic E-state index is 0.0859. The summed E-state index contributed by atoms with van der Waals surface area (Å²) in [6, 6.07) is 4.77. The van der Waals surface area contributed by atoms with Crippen LogP contribution in [0.25, 0.3) is 0 Å². The van der Waals surface area contributed by atoms with Crippen LogP contribution in [0.15, 0.2) is 24.5 Å². The van der Waals surface area contributed by atoms with Crippen molar-refractivity contribution >= 4 is 11.4 Å². The zero-order valence-corrected chi connectivity index (χ0v) is 9.88. The summed E-state index contributed by atoms with van der Waals surface area (Å²) < 4.78 is 0. The van der Waals surface area contributed by atoms with E-state index in [1.54, 1.807) is 6.07 Å². The molecule has 0 aliphatic heterocycles. The zero-order chi connectivity index (χ0) is 13.0. The number of anilines is 1. The zero-order valence-electron chi connectivity index (χ0n) is 9.88. The number of nitro benzene ring substituents is 1. The Labute approximate surface area is 103 Å². The highest BCUT2D eigenvalue weighted by Gasteiger charge is 2.08. The Bertz CT molecular complexity index is 538. The molecule has 0 unspecified atom stereocenters. The molecule has 0 amide bonds. The van der Waals surface area contributed by atoms with Crippen LogP contribution in [0.1, 0.15) is 11.4 Å². The van der Waals surface area contributed by atoms with Gasteiger partial charge in [-0.15, -0.1) is 0 Å². The van der Waals surface area contributed by atoms with Gasteiger partial charge < -0.3 is 5.32 Å². The highest BCUT2D eigenvalue weighted by atomic mass is 16.6. The van der Waals surface area contributed by atoms with Crippen LogP contribution in [0.4, 0.5) is 11.4 Å². The van der Waals surface area contributed by atoms with Crippen molar-refractivity contribution in [3.8, 4) is 0 Å². The molecular formula is C11H13N5O2. The third-order valence-electron chi connectivity index (χ3n) is 2.57. The minimum Gasteiger partial charge on any atom is -0.384 e. The van der Waals surface area contributed by atoms with Crippen LogP contribution < -0.4 is 5.32 Å². The fourth-order valence-electron chi connectivity index (χ4n) is 1.58. The summed E-state index contributed by atoms with van der Waals surface area (Å²) in [5.41, 5.74) is 1.82. The minimum atomic E-state index is -0.402. The van der Waals surface area contributed by atoms with Crippen molar-refractivity contribution in [1.29, 1.82) is 0 Å². The lowest BCUT2D eigenvalue weighted by Gasteiger charge is -2.08. The second-order valence-electron chi connectivity index (χ2n) is 3.87. The van der Waals surface area contributed by atoms with E-state index >= 15 is 0 Å². The maximum Gasteiger partial charge on any atom is 0.271 e. The average molecular weight is 247 g/mol. The Hall–Kier alpha value is -2.44. The number of nitrogens with zero attached hydrogens (tertiary/aromatic N) is 3. The maximum atomic E-state index is 10.7. The van der Waals surface area contributed by atoms with Gasteiger partial charge in [-0.25, -0.2) is 4.98 Å². The third kappa shape index (κ3) is 2.82. The van der Waals surface area contributed by atoms with Crippen LogP contribution >= 0.6 is 0 Å². The lowest BCUT2D eigenvalue weighted by atomic mass is 10.2. The van der Waals surface area contributed by atoms with Gasteiger partial charge in [0.2, 0.25) is 0 Å². The molecule has 0 fully saturated rings. The van der Waals surface area contributed by atoms with E-state index in [2.05, 4.69) is 20.5 Å². The number of hydrogen-bond acceptors (Lipinski definition) is 5. The van der Waals surface area contributed by atoms with E-state index in [4.69, 9.17) is 0 Å². The molecule has 0 atom stereocenters. The standard InChI is InChI=1S/C11H13N5O2/c1-8-2-3-9(16(17)18)6-10(8)12-5-4-11-13-7-14-15-11/h2-3,6-7,12H,4-5H2,1H3,(H,13,14,15). The summed E-state index contributed by atoms with van der Waals surface area (Å²) in [7, 11) is 0. The fourth-order valence-corrected chi connectivity index (χ4v) is 1.58. The molecule has 7 nitrogen and oxygen atoms in total. The Kier molecular flexibility index (Phi) is 3.52. The lowest BCUT2D eigenvalue weighted by Crippen LogP contribution is -2.07. The van der Waals surface area contributed by atoms with E-state index in [0.29, 0.717) is 13.0 Å². The highest BCUT2D eigenvalue weighted by molar-refractivity contribution is 5.56. The Morgan fingerprint density at radius 2 is 2.33 bits per heavy atom. The number of non-ortho nitro benzene ring substituents is 1. The van der Waals surface area contributed by atoms with Crippen LogP contribution in [0.5, 0.6) is 0 Å². The number of aromatic nitrogens is 3. The van der Waals surface area contributed by atoms with E-state index in [1.165, 1.54) is 18.5 Å². The molecule has 0 bridgehead atoms. The summed E-state index contributed by atoms with van der Waals surface area (Å²) >= 11 is 0. The first kappa shape index (κ1) is 12.0. The van der Waals surface area contributed by atoms with Crippen LogP contribution in [0.3, 0.4) is 0 Å². The van der Waals surface area contributed by atoms with Gasteiger partial charge in [0.05, 0.1) is 4.92 Å². The molecule has 0 aliphatic carbocycles. The molecule has 1 aromatic heterocycles. The number of nitro groups is 1. The smallest absolute Gasteiger partial charge is 0.271 e. The molecule has 2 rings (SSSR count). The largest absolute Gasteiger partial charge is 0.384 e. The van der Waals surface area contributed by atoms with Crippen LogP contribution in [-0.4, -0.2) is 26.6 Å². The van der Waals surface area contributed by atoms with Crippen LogP contribution in [0.2, 0.25) is 0 Å². The second kappa shape index (κ2) is 5.26. The van der Waals surface area contributed by atoms with Crippen molar-refractivity contribution in [2.45, 2.75) is 13.3 Å². The normalized spacial score (nSPS) is 10.3. The first-order valence-corrected chi connectivity index (χ1v) is 5.50. The van der Waals surface area contributed by atoms with Crippen molar-refractivity contribution in [2.24, 2.45) is 0 Å². The number of nitrogens with one attached hydrogen (secondary N) is 2. The summed E-state index contributed by atoms with van der Waals surface area (Å²) in [5.74, 6) is 0.783. The van der Waals surface area contributed by atoms with Gasteiger partial charge in [-0.05, 0) is 12.5 Å². The molecule has 1 aromatic carbocycles. The number of rotatable bonds is 5. The monoisotopic (exact) mass is 247 g/mol. The van der Waals surface area contributed by atoms with Gasteiger partial charge in [-0.2, -0.15) is 5.10 Å². The summed E-state index contributed by atoms with van der Waals surface area (Å²) in [5, 5.41) is 20.3. The van der Waals surface area contributed by atoms with E-state index in [0.717, 1.165) is 17.1 Å². The Balaban J connectivity index is 2.00. The van der Waals surface area contributed by atoms with E-state index in [1.807, 2.05) is 6.92 Å². The van der Waals surface area contributed by atoms with E-state index < -0.39 is 4.92 Å². The molecular weight excluding hydrogens is 234 g/mol. The van der Waals surface area contributed by atoms with Crippen molar-refractivity contribution in [3.63, 3.8) is 0 Å². The third-order valence-corrected chi connectivity index (χ3v) is 2.57. The molecule has 0 saturated carbocycles. The number of hydrogen-bond donors (Lipinski definition) is 2. The molecule has 0 aliphatic rings. The topological polar surface area (TPSA) is 96.7 Å².